The van der Waals surface area contributed by atoms with Gasteiger partial charge in [0.2, 0.25) is 5.91 Å². The van der Waals surface area contributed by atoms with E-state index in [0.717, 1.165) is 42.6 Å². The van der Waals surface area contributed by atoms with Gasteiger partial charge >= 0.3 is 0 Å². The molecule has 1 aromatic rings. The molecule has 0 aliphatic heterocycles. The number of hydrogen-bond donors (Lipinski definition) is 2. The van der Waals surface area contributed by atoms with Gasteiger partial charge in [0.1, 0.15) is 0 Å². The van der Waals surface area contributed by atoms with Crippen molar-refractivity contribution in [1.29, 1.82) is 0 Å². The molecule has 0 bridgehead atoms. The highest BCUT2D eigenvalue weighted by atomic mass is 16.1. The molecule has 2 rings (SSSR count). The molecule has 1 aliphatic rings. The van der Waals surface area contributed by atoms with Gasteiger partial charge in [-0.25, -0.2) is 0 Å². The summed E-state index contributed by atoms with van der Waals surface area (Å²) in [5, 5.41) is 5.86. The topological polar surface area (TPSA) is 58.2 Å². The summed E-state index contributed by atoms with van der Waals surface area (Å²) in [7, 11) is 1.87. The summed E-state index contributed by atoms with van der Waals surface area (Å²) in [5.74, 6) is 0.186. The molecule has 1 amide bonds. The number of aryl methyl sites for hydroxylation is 1. The van der Waals surface area contributed by atoms with E-state index in [1.807, 2.05) is 25.2 Å². The Morgan fingerprint density at radius 3 is 2.95 bits per heavy atom. The van der Waals surface area contributed by atoms with Crippen LogP contribution in [0.25, 0.3) is 0 Å². The third-order valence-corrected chi connectivity index (χ3v) is 3.37. The summed E-state index contributed by atoms with van der Waals surface area (Å²) in [6, 6.07) is 5.65. The number of carbonyl (C=O) groups excluding carboxylic acids is 2. The fourth-order valence-electron chi connectivity index (χ4n) is 2.36. The zero-order chi connectivity index (χ0) is 13.7. The lowest BCUT2D eigenvalue weighted by molar-refractivity contribution is -0.116. The molecule has 4 nitrogen and oxygen atoms in total. The number of carbonyl (C=O) groups is 2. The van der Waals surface area contributed by atoms with E-state index >= 15 is 0 Å². The first-order valence-corrected chi connectivity index (χ1v) is 6.81. The Morgan fingerprint density at radius 2 is 2.16 bits per heavy atom. The Morgan fingerprint density at radius 1 is 1.32 bits per heavy atom. The summed E-state index contributed by atoms with van der Waals surface area (Å²) < 4.78 is 0. The maximum atomic E-state index is 11.8. The summed E-state index contributed by atoms with van der Waals surface area (Å²) in [5.41, 5.74) is 2.60. The fraction of sp³-hybridized carbons (Fsp3) is 0.467. The first kappa shape index (κ1) is 13.7. The van der Waals surface area contributed by atoms with Crippen molar-refractivity contribution in [1.82, 2.24) is 5.32 Å². The van der Waals surface area contributed by atoms with E-state index in [1.165, 1.54) is 0 Å². The van der Waals surface area contributed by atoms with E-state index in [2.05, 4.69) is 10.6 Å². The second-order valence-corrected chi connectivity index (χ2v) is 4.90. The van der Waals surface area contributed by atoms with E-state index in [0.29, 0.717) is 12.8 Å². The van der Waals surface area contributed by atoms with Crippen LogP contribution in [0.1, 0.15) is 41.6 Å². The number of ketones is 1. The minimum Gasteiger partial charge on any atom is -0.326 e. The van der Waals surface area contributed by atoms with Crippen LogP contribution in [0.3, 0.4) is 0 Å². The van der Waals surface area contributed by atoms with Crippen LogP contribution < -0.4 is 10.6 Å². The van der Waals surface area contributed by atoms with Crippen LogP contribution in [-0.4, -0.2) is 25.3 Å². The van der Waals surface area contributed by atoms with Gasteiger partial charge in [0.25, 0.3) is 0 Å². The summed E-state index contributed by atoms with van der Waals surface area (Å²) in [6.07, 6.45) is 3.81. The maximum Gasteiger partial charge on any atom is 0.224 e. The molecular formula is C15H20N2O2. The molecule has 1 aliphatic carbocycles. The molecule has 0 aromatic heterocycles. The number of benzene rings is 1. The molecule has 0 unspecified atom stereocenters. The van der Waals surface area contributed by atoms with Crippen LogP contribution in [0.2, 0.25) is 0 Å². The molecule has 0 radical (unpaired) electrons. The number of anilines is 1. The van der Waals surface area contributed by atoms with Gasteiger partial charge in [0, 0.05) is 24.1 Å². The first-order chi connectivity index (χ1) is 9.20. The predicted molar refractivity (Wildman–Crippen MR) is 75.5 cm³/mol. The standard InChI is InChI=1S/C15H20N2O2/c1-16-9-3-6-15(19)17-12-8-7-11-4-2-5-14(18)13(11)10-12/h7-8,10,16H,2-6,9H2,1H3,(H,17,19). The Hall–Kier alpha value is -1.68. The first-order valence-electron chi connectivity index (χ1n) is 6.81. The van der Waals surface area contributed by atoms with Crippen LogP contribution in [0.4, 0.5) is 5.69 Å². The monoisotopic (exact) mass is 260 g/mol. The Labute approximate surface area is 113 Å². The van der Waals surface area contributed by atoms with Crippen molar-refractivity contribution in [2.45, 2.75) is 32.1 Å². The molecule has 0 saturated heterocycles. The third-order valence-electron chi connectivity index (χ3n) is 3.37. The second-order valence-electron chi connectivity index (χ2n) is 4.90. The molecule has 4 heteroatoms. The fourth-order valence-corrected chi connectivity index (χ4v) is 2.36. The highest BCUT2D eigenvalue weighted by molar-refractivity contribution is 6.00. The molecule has 19 heavy (non-hydrogen) atoms. The Bertz CT molecular complexity index is 483. The zero-order valence-corrected chi connectivity index (χ0v) is 11.3. The average Bonchev–Trinajstić information content (AvgIpc) is 2.40. The van der Waals surface area contributed by atoms with Crippen molar-refractivity contribution >= 4 is 17.4 Å². The van der Waals surface area contributed by atoms with Crippen LogP contribution in [-0.2, 0) is 11.2 Å². The van der Waals surface area contributed by atoms with Crippen LogP contribution >= 0.6 is 0 Å². The van der Waals surface area contributed by atoms with Crippen molar-refractivity contribution in [3.8, 4) is 0 Å². The van der Waals surface area contributed by atoms with Crippen molar-refractivity contribution in [2.75, 3.05) is 18.9 Å². The molecular weight excluding hydrogens is 240 g/mol. The van der Waals surface area contributed by atoms with Gasteiger partial charge in [-0.15, -0.1) is 0 Å². The van der Waals surface area contributed by atoms with Gasteiger partial charge in [-0.3, -0.25) is 9.59 Å². The molecule has 0 fully saturated rings. The molecule has 1 aromatic carbocycles. The molecule has 0 heterocycles. The molecule has 0 atom stereocenters. The highest BCUT2D eigenvalue weighted by Gasteiger charge is 2.17. The van der Waals surface area contributed by atoms with Crippen molar-refractivity contribution in [3.05, 3.63) is 29.3 Å². The van der Waals surface area contributed by atoms with Crippen LogP contribution in [0, 0.1) is 0 Å². The van der Waals surface area contributed by atoms with Crippen molar-refractivity contribution in [3.63, 3.8) is 0 Å². The van der Waals surface area contributed by atoms with Gasteiger partial charge in [-0.2, -0.15) is 0 Å². The Kier molecular flexibility index (Phi) is 4.68. The number of hydrogen-bond acceptors (Lipinski definition) is 3. The third kappa shape index (κ3) is 3.64. The molecule has 2 N–H and O–H groups in total. The SMILES string of the molecule is CNCCCC(=O)Nc1ccc2c(c1)C(=O)CCC2. The molecule has 102 valence electrons. The predicted octanol–water partition coefficient (Wildman–Crippen LogP) is 2.14. The van der Waals surface area contributed by atoms with Gasteiger partial charge in [-0.05, 0) is 50.6 Å². The van der Waals surface area contributed by atoms with E-state index in [4.69, 9.17) is 0 Å². The summed E-state index contributed by atoms with van der Waals surface area (Å²) >= 11 is 0. The maximum absolute atomic E-state index is 11.8. The van der Waals surface area contributed by atoms with Gasteiger partial charge < -0.3 is 10.6 Å². The lowest BCUT2D eigenvalue weighted by atomic mass is 9.90. The van der Waals surface area contributed by atoms with E-state index in [-0.39, 0.29) is 11.7 Å². The summed E-state index contributed by atoms with van der Waals surface area (Å²) in [6.45, 7) is 0.829. The normalized spacial score (nSPS) is 14.1. The zero-order valence-electron chi connectivity index (χ0n) is 11.3. The van der Waals surface area contributed by atoms with Crippen molar-refractivity contribution in [2.24, 2.45) is 0 Å². The second kappa shape index (κ2) is 6.48. The lowest BCUT2D eigenvalue weighted by Crippen LogP contribution is -2.16. The van der Waals surface area contributed by atoms with Crippen molar-refractivity contribution < 1.29 is 9.59 Å². The molecule has 0 saturated carbocycles. The smallest absolute Gasteiger partial charge is 0.224 e. The quantitative estimate of drug-likeness (QED) is 0.797. The largest absolute Gasteiger partial charge is 0.326 e. The van der Waals surface area contributed by atoms with Crippen LogP contribution in [0.15, 0.2) is 18.2 Å². The highest BCUT2D eigenvalue weighted by Crippen LogP contribution is 2.24. The van der Waals surface area contributed by atoms with E-state index in [9.17, 15) is 9.59 Å². The number of nitrogens with one attached hydrogen (secondary N) is 2. The van der Waals surface area contributed by atoms with E-state index in [1.54, 1.807) is 0 Å². The van der Waals surface area contributed by atoms with Gasteiger partial charge in [-0.1, -0.05) is 6.07 Å². The minimum atomic E-state index is -0.00143. The number of Topliss-reactive ketones (excluding diaryl/α,β-unsaturated/α-hetero) is 1. The summed E-state index contributed by atoms with van der Waals surface area (Å²) in [4.78, 5) is 23.5. The van der Waals surface area contributed by atoms with Gasteiger partial charge in [0.05, 0.1) is 0 Å². The lowest BCUT2D eigenvalue weighted by Gasteiger charge is -2.15. The number of rotatable bonds is 5. The number of fused-ring (bicyclic) bond motifs is 1. The number of amides is 1. The molecule has 0 spiro atoms. The average molecular weight is 260 g/mol. The Balaban J connectivity index is 1.99. The van der Waals surface area contributed by atoms with E-state index < -0.39 is 0 Å². The minimum absolute atomic E-state index is 0.00143. The van der Waals surface area contributed by atoms with Crippen LogP contribution in [0.5, 0.6) is 0 Å². The van der Waals surface area contributed by atoms with Gasteiger partial charge in [0.15, 0.2) is 5.78 Å².